The molecule has 0 amide bonds. The van der Waals surface area contributed by atoms with E-state index in [4.69, 9.17) is 9.47 Å². The lowest BCUT2D eigenvalue weighted by atomic mass is 9.65. The molecule has 324 valence electrons. The lowest BCUT2D eigenvalue weighted by Crippen LogP contribution is -2.40. The minimum absolute atomic E-state index is 0.0667. The number of carbonyl (C=O) groups excluding carboxylic acids is 1. The van der Waals surface area contributed by atoms with Crippen LogP contribution in [0.2, 0.25) is 0 Å². The summed E-state index contributed by atoms with van der Waals surface area (Å²) in [5.74, 6) is -2.40. The second-order valence-corrected chi connectivity index (χ2v) is 16.8. The van der Waals surface area contributed by atoms with Crippen molar-refractivity contribution in [1.29, 1.82) is 0 Å². The van der Waals surface area contributed by atoms with Gasteiger partial charge in [0.2, 0.25) is 0 Å². The van der Waals surface area contributed by atoms with E-state index in [0.29, 0.717) is 55.8 Å². The van der Waals surface area contributed by atoms with Gasteiger partial charge in [-0.05, 0) is 154 Å². The quantitative estimate of drug-likeness (QED) is 0.0468. The SMILES string of the molecule is CCCCCCO[C@H]1CC[C@H](C(=O)Oc2ccc(CCc3ccc(F)c(F)c3)cc2)CC1.CCC[C@H]1CC[C@@](C(=O)O)(c2ccc(CCc3ccc(F)cc3)cc2F)CC1. The van der Waals surface area contributed by atoms with Crippen molar-refractivity contribution in [3.05, 3.63) is 136 Å². The van der Waals surface area contributed by atoms with Crippen LogP contribution in [0.1, 0.15) is 132 Å². The fourth-order valence-electron chi connectivity index (χ4n) is 8.66. The molecule has 4 aromatic rings. The van der Waals surface area contributed by atoms with E-state index in [1.54, 1.807) is 36.4 Å². The molecule has 5 nitrogen and oxygen atoms in total. The maximum absolute atomic E-state index is 15.0. The summed E-state index contributed by atoms with van der Waals surface area (Å²) in [7, 11) is 0. The summed E-state index contributed by atoms with van der Waals surface area (Å²) in [6.45, 7) is 5.17. The van der Waals surface area contributed by atoms with Crippen molar-refractivity contribution in [2.24, 2.45) is 11.8 Å². The minimum atomic E-state index is -1.11. The number of aryl methyl sites for hydroxylation is 4. The number of halogens is 4. The Hall–Kier alpha value is -4.50. The molecule has 0 aliphatic heterocycles. The predicted octanol–water partition coefficient (Wildman–Crippen LogP) is 12.9. The van der Waals surface area contributed by atoms with Crippen molar-refractivity contribution in [3.63, 3.8) is 0 Å². The van der Waals surface area contributed by atoms with E-state index >= 15 is 0 Å². The van der Waals surface area contributed by atoms with Crippen LogP contribution in [0.15, 0.2) is 84.9 Å². The molecule has 2 saturated carbocycles. The van der Waals surface area contributed by atoms with Crippen LogP contribution in [0.5, 0.6) is 5.75 Å². The van der Waals surface area contributed by atoms with E-state index in [9.17, 15) is 32.3 Å². The molecule has 0 radical (unpaired) electrons. The molecule has 0 atom stereocenters. The Bertz CT molecular complexity index is 1930. The van der Waals surface area contributed by atoms with Crippen molar-refractivity contribution < 1.29 is 41.7 Å². The van der Waals surface area contributed by atoms with Crippen molar-refractivity contribution in [3.8, 4) is 5.75 Å². The number of hydrogen-bond donors (Lipinski definition) is 1. The first-order valence-corrected chi connectivity index (χ1v) is 22.1. The van der Waals surface area contributed by atoms with E-state index in [-0.39, 0.29) is 23.8 Å². The molecule has 1 N–H and O–H groups in total. The second-order valence-electron chi connectivity index (χ2n) is 16.8. The van der Waals surface area contributed by atoms with E-state index in [1.807, 2.05) is 18.2 Å². The van der Waals surface area contributed by atoms with Gasteiger partial charge in [-0.3, -0.25) is 9.59 Å². The van der Waals surface area contributed by atoms with Gasteiger partial charge in [-0.25, -0.2) is 17.6 Å². The Morgan fingerprint density at radius 1 is 0.633 bits per heavy atom. The van der Waals surface area contributed by atoms with Crippen LogP contribution in [0.4, 0.5) is 17.6 Å². The van der Waals surface area contributed by atoms with Crippen molar-refractivity contribution in [2.45, 2.75) is 141 Å². The number of carboxylic acids is 1. The van der Waals surface area contributed by atoms with E-state index in [0.717, 1.165) is 92.7 Å². The van der Waals surface area contributed by atoms with Gasteiger partial charge < -0.3 is 14.6 Å². The van der Waals surface area contributed by atoms with Crippen LogP contribution < -0.4 is 4.74 Å². The fraction of sp³-hybridized carbons (Fsp3) is 0.490. The van der Waals surface area contributed by atoms with Crippen LogP contribution >= 0.6 is 0 Å². The van der Waals surface area contributed by atoms with E-state index < -0.39 is 28.8 Å². The Morgan fingerprint density at radius 2 is 1.20 bits per heavy atom. The molecule has 0 saturated heterocycles. The van der Waals surface area contributed by atoms with Gasteiger partial charge in [0.05, 0.1) is 17.4 Å². The number of benzene rings is 4. The maximum atomic E-state index is 15.0. The van der Waals surface area contributed by atoms with Gasteiger partial charge in [0.25, 0.3) is 0 Å². The first-order valence-electron chi connectivity index (χ1n) is 22.1. The molecule has 0 bridgehead atoms. The van der Waals surface area contributed by atoms with Crippen LogP contribution in [0.3, 0.4) is 0 Å². The normalized spacial score (nSPS) is 20.2. The van der Waals surface area contributed by atoms with Gasteiger partial charge in [-0.15, -0.1) is 0 Å². The van der Waals surface area contributed by atoms with Gasteiger partial charge in [-0.2, -0.15) is 0 Å². The maximum Gasteiger partial charge on any atom is 0.314 e. The highest BCUT2D eigenvalue weighted by atomic mass is 19.2. The van der Waals surface area contributed by atoms with Crippen LogP contribution in [0.25, 0.3) is 0 Å². The summed E-state index contributed by atoms with van der Waals surface area (Å²) in [4.78, 5) is 24.7. The first-order chi connectivity index (χ1) is 29.0. The van der Waals surface area contributed by atoms with Gasteiger partial charge in [0, 0.05) is 12.2 Å². The average molecular weight is 831 g/mol. The van der Waals surface area contributed by atoms with Crippen LogP contribution in [-0.4, -0.2) is 29.8 Å². The molecule has 4 aromatic carbocycles. The Morgan fingerprint density at radius 3 is 1.77 bits per heavy atom. The van der Waals surface area contributed by atoms with Gasteiger partial charge >= 0.3 is 11.9 Å². The van der Waals surface area contributed by atoms with Crippen molar-refractivity contribution in [2.75, 3.05) is 6.61 Å². The largest absolute Gasteiger partial charge is 0.481 e. The van der Waals surface area contributed by atoms with E-state index in [2.05, 4.69) is 13.8 Å². The Kier molecular flexibility index (Phi) is 18.2. The summed E-state index contributed by atoms with van der Waals surface area (Å²) in [6, 6.07) is 22.7. The number of aliphatic carboxylic acids is 1. The molecule has 0 spiro atoms. The second kappa shape index (κ2) is 23.5. The molecule has 6 rings (SSSR count). The summed E-state index contributed by atoms with van der Waals surface area (Å²) in [5.41, 5.74) is 2.82. The molecule has 0 unspecified atom stereocenters. The number of hydrogen-bond acceptors (Lipinski definition) is 4. The third-order valence-electron chi connectivity index (χ3n) is 12.4. The third kappa shape index (κ3) is 13.8. The van der Waals surface area contributed by atoms with Crippen LogP contribution in [-0.2, 0) is 45.4 Å². The third-order valence-corrected chi connectivity index (χ3v) is 12.4. The van der Waals surface area contributed by atoms with Gasteiger partial charge in [0.1, 0.15) is 17.4 Å². The molecular weight excluding hydrogens is 769 g/mol. The highest BCUT2D eigenvalue weighted by Crippen LogP contribution is 2.44. The molecule has 0 aromatic heterocycles. The fourth-order valence-corrected chi connectivity index (χ4v) is 8.66. The predicted molar refractivity (Wildman–Crippen MR) is 228 cm³/mol. The smallest absolute Gasteiger partial charge is 0.314 e. The summed E-state index contributed by atoms with van der Waals surface area (Å²) >= 11 is 0. The van der Waals surface area contributed by atoms with Gasteiger partial charge in [-0.1, -0.05) is 88.4 Å². The number of carboxylic acid groups (broad SMARTS) is 1. The Balaban J connectivity index is 0.000000230. The molecule has 2 fully saturated rings. The summed E-state index contributed by atoms with van der Waals surface area (Å²) < 4.78 is 65.8. The lowest BCUT2D eigenvalue weighted by Gasteiger charge is -2.37. The number of carbonyl (C=O) groups is 2. The monoisotopic (exact) mass is 830 g/mol. The summed E-state index contributed by atoms with van der Waals surface area (Å²) in [6.07, 6.45) is 16.1. The molecule has 9 heteroatoms. The Labute approximate surface area is 353 Å². The van der Waals surface area contributed by atoms with Gasteiger partial charge in [0.15, 0.2) is 11.6 Å². The first kappa shape index (κ1) is 46.6. The molecule has 60 heavy (non-hydrogen) atoms. The van der Waals surface area contributed by atoms with Crippen molar-refractivity contribution >= 4 is 11.9 Å². The highest BCUT2D eigenvalue weighted by Gasteiger charge is 2.45. The van der Waals surface area contributed by atoms with Crippen LogP contribution in [0, 0.1) is 35.1 Å². The number of esters is 1. The topological polar surface area (TPSA) is 72.8 Å². The molecule has 2 aliphatic rings. The molecule has 2 aliphatic carbocycles. The number of unbranched alkanes of at least 4 members (excludes halogenated alkanes) is 3. The standard InChI is InChI=1S/C27H34F2O3.C24H28F2O2/c1-2-3-4-5-18-31-23-15-11-22(12-16-23)27(30)32-24-13-8-20(9-14-24)6-7-21-10-17-25(28)26(29)19-21;1-2-3-17-12-14-24(15-13-17,23(27)28)21-11-8-19(16-22(21)26)5-4-18-6-9-20(25)10-7-18/h8-10,13-14,17,19,22-23H,2-7,11-12,15-16,18H2,1H3;6-11,16-17H,2-5,12-15H2,1H3,(H,27,28)/t22-,23-;17-,24-. The minimum Gasteiger partial charge on any atom is -0.481 e. The number of rotatable bonds is 18. The molecule has 0 heterocycles. The highest BCUT2D eigenvalue weighted by molar-refractivity contribution is 5.81. The zero-order valence-corrected chi connectivity index (χ0v) is 35.3. The average Bonchev–Trinajstić information content (AvgIpc) is 3.25. The van der Waals surface area contributed by atoms with E-state index in [1.165, 1.54) is 43.5 Å². The lowest BCUT2D eigenvalue weighted by molar-refractivity contribution is -0.146. The zero-order chi connectivity index (χ0) is 42.9. The number of ether oxygens (including phenoxy) is 2. The summed E-state index contributed by atoms with van der Waals surface area (Å²) in [5, 5.41) is 9.93. The van der Waals surface area contributed by atoms with Crippen molar-refractivity contribution in [1.82, 2.24) is 0 Å². The zero-order valence-electron chi connectivity index (χ0n) is 35.3. The molecular formula is C51H62F4O5.